The molecule has 128 valence electrons. The largest absolute Gasteiger partial charge is 0.339 e. The minimum Gasteiger partial charge on any atom is -0.339 e. The summed E-state index contributed by atoms with van der Waals surface area (Å²) < 4.78 is 38.9. The molecular formula is C16H23FN2O3S. The van der Waals surface area contributed by atoms with Crippen molar-refractivity contribution in [2.75, 3.05) is 20.1 Å². The molecule has 1 fully saturated rings. The number of sulfonamides is 1. The van der Waals surface area contributed by atoms with Crippen molar-refractivity contribution in [3.63, 3.8) is 0 Å². The van der Waals surface area contributed by atoms with Crippen LogP contribution in [-0.4, -0.2) is 49.7 Å². The second kappa shape index (κ2) is 7.40. The summed E-state index contributed by atoms with van der Waals surface area (Å²) in [5.74, 6) is -0.675. The number of rotatable bonds is 5. The molecule has 0 spiro atoms. The van der Waals surface area contributed by atoms with Crippen molar-refractivity contribution in [3.8, 4) is 0 Å². The third kappa shape index (κ3) is 4.09. The molecule has 1 atom stereocenters. The second-order valence-electron chi connectivity index (χ2n) is 5.86. The SMILES string of the molecule is CC[C@@H]1CCCCN1C(=O)CN(C)S(=O)(=O)c1ccc(F)cc1. The van der Waals surface area contributed by atoms with Crippen LogP contribution in [-0.2, 0) is 14.8 Å². The number of hydrogen-bond acceptors (Lipinski definition) is 3. The molecule has 0 saturated carbocycles. The maximum Gasteiger partial charge on any atom is 0.243 e. The molecule has 0 radical (unpaired) electrons. The average molecular weight is 342 g/mol. The number of nitrogens with zero attached hydrogens (tertiary/aromatic N) is 2. The van der Waals surface area contributed by atoms with Gasteiger partial charge in [-0.05, 0) is 49.9 Å². The first-order valence-electron chi connectivity index (χ1n) is 7.87. The van der Waals surface area contributed by atoms with Crippen LogP contribution in [0.4, 0.5) is 4.39 Å². The van der Waals surface area contributed by atoms with Crippen LogP contribution in [0.3, 0.4) is 0 Å². The Morgan fingerprint density at radius 2 is 1.96 bits per heavy atom. The zero-order valence-corrected chi connectivity index (χ0v) is 14.4. The van der Waals surface area contributed by atoms with Gasteiger partial charge in [-0.3, -0.25) is 4.79 Å². The van der Waals surface area contributed by atoms with Crippen LogP contribution in [0, 0.1) is 5.82 Å². The number of likely N-dealkylation sites (N-methyl/N-ethyl adjacent to an activating group) is 1. The number of amides is 1. The lowest BCUT2D eigenvalue weighted by atomic mass is 10.00. The predicted octanol–water partition coefficient (Wildman–Crippen LogP) is 2.24. The van der Waals surface area contributed by atoms with E-state index in [2.05, 4.69) is 0 Å². The van der Waals surface area contributed by atoms with Crippen molar-refractivity contribution in [2.24, 2.45) is 0 Å². The van der Waals surface area contributed by atoms with E-state index in [1.54, 1.807) is 4.90 Å². The molecule has 1 heterocycles. The predicted molar refractivity (Wildman–Crippen MR) is 85.9 cm³/mol. The van der Waals surface area contributed by atoms with Crippen LogP contribution in [0.25, 0.3) is 0 Å². The molecule has 7 heteroatoms. The zero-order chi connectivity index (χ0) is 17.0. The lowest BCUT2D eigenvalue weighted by Gasteiger charge is -2.36. The van der Waals surface area contributed by atoms with Gasteiger partial charge in [-0.15, -0.1) is 0 Å². The lowest BCUT2D eigenvalue weighted by Crippen LogP contribution is -2.48. The van der Waals surface area contributed by atoms with E-state index in [0.717, 1.165) is 42.1 Å². The second-order valence-corrected chi connectivity index (χ2v) is 7.90. The fourth-order valence-electron chi connectivity index (χ4n) is 2.91. The number of hydrogen-bond donors (Lipinski definition) is 0. The molecule has 0 aromatic heterocycles. The van der Waals surface area contributed by atoms with Crippen LogP contribution in [0.5, 0.6) is 0 Å². The Kier molecular flexibility index (Phi) is 5.75. The number of carbonyl (C=O) groups excluding carboxylic acids is 1. The topological polar surface area (TPSA) is 57.7 Å². The highest BCUT2D eigenvalue weighted by Gasteiger charge is 2.29. The number of halogens is 1. The van der Waals surface area contributed by atoms with Gasteiger partial charge in [-0.1, -0.05) is 6.92 Å². The van der Waals surface area contributed by atoms with Crippen LogP contribution >= 0.6 is 0 Å². The summed E-state index contributed by atoms with van der Waals surface area (Å²) in [6.45, 7) is 2.52. The number of benzene rings is 1. The Hall–Kier alpha value is -1.47. The smallest absolute Gasteiger partial charge is 0.243 e. The first-order chi connectivity index (χ1) is 10.9. The monoisotopic (exact) mass is 342 g/mol. The third-order valence-electron chi connectivity index (χ3n) is 4.30. The summed E-state index contributed by atoms with van der Waals surface area (Å²) in [6, 6.07) is 4.81. The quantitative estimate of drug-likeness (QED) is 0.824. The zero-order valence-electron chi connectivity index (χ0n) is 13.5. The molecule has 0 N–H and O–H groups in total. The molecule has 2 rings (SSSR count). The van der Waals surface area contributed by atoms with E-state index in [1.807, 2.05) is 6.92 Å². The maximum absolute atomic E-state index is 12.9. The van der Waals surface area contributed by atoms with E-state index in [9.17, 15) is 17.6 Å². The molecule has 1 aliphatic heterocycles. The minimum absolute atomic E-state index is 0.0140. The first kappa shape index (κ1) is 17.9. The minimum atomic E-state index is -3.79. The number of likely N-dealkylation sites (tertiary alicyclic amines) is 1. The highest BCUT2D eigenvalue weighted by atomic mass is 32.2. The van der Waals surface area contributed by atoms with Gasteiger partial charge in [-0.25, -0.2) is 12.8 Å². The van der Waals surface area contributed by atoms with Crippen molar-refractivity contribution < 1.29 is 17.6 Å². The van der Waals surface area contributed by atoms with E-state index in [4.69, 9.17) is 0 Å². The summed E-state index contributed by atoms with van der Waals surface area (Å²) in [6.07, 6.45) is 3.90. The van der Waals surface area contributed by atoms with Gasteiger partial charge in [0.25, 0.3) is 0 Å². The molecule has 23 heavy (non-hydrogen) atoms. The van der Waals surface area contributed by atoms with Crippen molar-refractivity contribution in [3.05, 3.63) is 30.1 Å². The van der Waals surface area contributed by atoms with Gasteiger partial charge in [0, 0.05) is 19.6 Å². The van der Waals surface area contributed by atoms with Crippen LogP contribution in [0.2, 0.25) is 0 Å². The first-order valence-corrected chi connectivity index (χ1v) is 9.31. The fourth-order valence-corrected chi connectivity index (χ4v) is 4.03. The van der Waals surface area contributed by atoms with Gasteiger partial charge >= 0.3 is 0 Å². The standard InChI is InChI=1S/C16H23FN2O3S/c1-3-14-6-4-5-11-19(14)16(20)12-18(2)23(21,22)15-9-7-13(17)8-10-15/h7-10,14H,3-6,11-12H2,1-2H3/t14-/m1/s1. The molecule has 1 amide bonds. The maximum atomic E-state index is 12.9. The third-order valence-corrected chi connectivity index (χ3v) is 6.12. The molecule has 1 aliphatic rings. The molecular weight excluding hydrogens is 319 g/mol. The van der Waals surface area contributed by atoms with E-state index in [0.29, 0.717) is 6.54 Å². The summed E-state index contributed by atoms with van der Waals surface area (Å²) in [5.41, 5.74) is 0. The normalized spacial score (nSPS) is 19.1. The van der Waals surface area contributed by atoms with Crippen LogP contribution in [0.1, 0.15) is 32.6 Å². The molecule has 0 unspecified atom stereocenters. The molecule has 0 aliphatic carbocycles. The van der Waals surface area contributed by atoms with E-state index in [-0.39, 0.29) is 23.4 Å². The van der Waals surface area contributed by atoms with Crippen molar-refractivity contribution in [2.45, 2.75) is 43.5 Å². The molecule has 5 nitrogen and oxygen atoms in total. The van der Waals surface area contributed by atoms with Crippen molar-refractivity contribution >= 4 is 15.9 Å². The van der Waals surface area contributed by atoms with Gasteiger partial charge in [0.1, 0.15) is 5.82 Å². The summed E-state index contributed by atoms with van der Waals surface area (Å²) >= 11 is 0. The highest BCUT2D eigenvalue weighted by molar-refractivity contribution is 7.89. The van der Waals surface area contributed by atoms with Gasteiger partial charge < -0.3 is 4.90 Å². The highest BCUT2D eigenvalue weighted by Crippen LogP contribution is 2.21. The molecule has 1 saturated heterocycles. The fraction of sp³-hybridized carbons (Fsp3) is 0.562. The van der Waals surface area contributed by atoms with E-state index in [1.165, 1.54) is 19.2 Å². The van der Waals surface area contributed by atoms with Crippen LogP contribution < -0.4 is 0 Å². The van der Waals surface area contributed by atoms with Gasteiger partial charge in [0.2, 0.25) is 15.9 Å². The van der Waals surface area contributed by atoms with E-state index >= 15 is 0 Å². The molecule has 1 aromatic rings. The van der Waals surface area contributed by atoms with Crippen molar-refractivity contribution in [1.82, 2.24) is 9.21 Å². The molecule has 1 aromatic carbocycles. The number of carbonyl (C=O) groups is 1. The van der Waals surface area contributed by atoms with Crippen LogP contribution in [0.15, 0.2) is 29.2 Å². The average Bonchev–Trinajstić information content (AvgIpc) is 2.55. The summed E-state index contributed by atoms with van der Waals surface area (Å²) in [7, 11) is -2.42. The summed E-state index contributed by atoms with van der Waals surface area (Å²) in [4.78, 5) is 14.2. The summed E-state index contributed by atoms with van der Waals surface area (Å²) in [5, 5.41) is 0. The van der Waals surface area contributed by atoms with Crippen molar-refractivity contribution in [1.29, 1.82) is 0 Å². The Morgan fingerprint density at radius 1 is 1.30 bits per heavy atom. The molecule has 0 bridgehead atoms. The van der Waals surface area contributed by atoms with Gasteiger partial charge in [-0.2, -0.15) is 4.31 Å². The number of piperidine rings is 1. The van der Waals surface area contributed by atoms with Gasteiger partial charge in [0.05, 0.1) is 11.4 Å². The Morgan fingerprint density at radius 3 is 2.57 bits per heavy atom. The van der Waals surface area contributed by atoms with Gasteiger partial charge in [0.15, 0.2) is 0 Å². The Balaban J connectivity index is 2.09. The Bertz CT molecular complexity index is 646. The Labute approximate surface area is 137 Å². The lowest BCUT2D eigenvalue weighted by molar-refractivity contribution is -0.134. The van der Waals surface area contributed by atoms with E-state index < -0.39 is 15.8 Å².